The smallest absolute Gasteiger partial charge is 0.174 e. The molecule has 0 aliphatic carbocycles. The summed E-state index contributed by atoms with van der Waals surface area (Å²) in [7, 11) is 5.91. The molecule has 0 fully saturated rings. The summed E-state index contributed by atoms with van der Waals surface area (Å²) in [6, 6.07) is 12.1. The molecule has 9 nitrogen and oxygen atoms in total. The predicted molar refractivity (Wildman–Crippen MR) is 119 cm³/mol. The molecule has 0 aliphatic heterocycles. The first-order chi connectivity index (χ1) is 15.1. The first kappa shape index (κ1) is 20.9. The zero-order valence-corrected chi connectivity index (χ0v) is 18.3. The van der Waals surface area contributed by atoms with Gasteiger partial charge in [0.15, 0.2) is 11.5 Å². The largest absolute Gasteiger partial charge is 0.494 e. The molecule has 4 rings (SSSR count). The second-order valence-electron chi connectivity index (χ2n) is 7.77. The van der Waals surface area contributed by atoms with Gasteiger partial charge in [0.25, 0.3) is 0 Å². The van der Waals surface area contributed by atoms with Crippen molar-refractivity contribution in [1.29, 1.82) is 0 Å². The Bertz CT molecular complexity index is 1120. The van der Waals surface area contributed by atoms with E-state index in [1.54, 1.807) is 13.2 Å². The third kappa shape index (κ3) is 5.24. The van der Waals surface area contributed by atoms with Crippen LogP contribution >= 0.6 is 0 Å². The molecular formula is C22H28N8O. The molecule has 162 valence electrons. The monoisotopic (exact) mass is 420 g/mol. The number of benzene rings is 1. The lowest BCUT2D eigenvalue weighted by Gasteiger charge is -2.10. The Kier molecular flexibility index (Phi) is 6.51. The van der Waals surface area contributed by atoms with Crippen LogP contribution in [0.5, 0.6) is 5.75 Å². The average Bonchev–Trinajstić information content (AvgIpc) is 3.35. The zero-order valence-electron chi connectivity index (χ0n) is 18.3. The summed E-state index contributed by atoms with van der Waals surface area (Å²) in [4.78, 5) is 8.20. The molecule has 0 N–H and O–H groups in total. The van der Waals surface area contributed by atoms with E-state index in [9.17, 15) is 0 Å². The molecule has 3 aromatic heterocycles. The first-order valence-corrected chi connectivity index (χ1v) is 10.5. The maximum atomic E-state index is 5.85. The molecule has 0 bridgehead atoms. The average molecular weight is 421 g/mol. The van der Waals surface area contributed by atoms with E-state index in [1.807, 2.05) is 22.9 Å². The molecule has 0 unspecified atom stereocenters. The van der Waals surface area contributed by atoms with Gasteiger partial charge in [-0.05, 0) is 68.5 Å². The van der Waals surface area contributed by atoms with Crippen molar-refractivity contribution in [3.63, 3.8) is 0 Å². The number of fused-ring (bicyclic) bond motifs is 1. The number of pyridine rings is 1. The van der Waals surface area contributed by atoms with Crippen LogP contribution in [0.3, 0.4) is 0 Å². The summed E-state index contributed by atoms with van der Waals surface area (Å²) in [5.74, 6) is 1.62. The van der Waals surface area contributed by atoms with E-state index < -0.39 is 0 Å². The summed E-state index contributed by atoms with van der Waals surface area (Å²) in [6.45, 7) is 2.46. The van der Waals surface area contributed by atoms with Crippen molar-refractivity contribution in [2.24, 2.45) is 7.05 Å². The topological polar surface area (TPSA) is 86.8 Å². The minimum absolute atomic E-state index is 0.708. The molecule has 0 radical (unpaired) electrons. The highest BCUT2D eigenvalue weighted by molar-refractivity contribution is 5.91. The van der Waals surface area contributed by atoms with Gasteiger partial charge in [-0.25, -0.2) is 9.67 Å². The minimum atomic E-state index is 0.708. The van der Waals surface area contributed by atoms with Crippen molar-refractivity contribution in [2.45, 2.75) is 25.8 Å². The van der Waals surface area contributed by atoms with Gasteiger partial charge in [0, 0.05) is 36.7 Å². The molecular weight excluding hydrogens is 392 g/mol. The molecule has 0 aliphatic rings. The van der Waals surface area contributed by atoms with E-state index in [4.69, 9.17) is 9.84 Å². The number of nitrogens with zero attached hydrogens (tertiary/aromatic N) is 8. The second kappa shape index (κ2) is 9.65. The Hall–Kier alpha value is -3.33. The minimum Gasteiger partial charge on any atom is -0.494 e. The van der Waals surface area contributed by atoms with Gasteiger partial charge in [0.2, 0.25) is 0 Å². The third-order valence-corrected chi connectivity index (χ3v) is 4.97. The summed E-state index contributed by atoms with van der Waals surface area (Å²) >= 11 is 0. The van der Waals surface area contributed by atoms with Crippen LogP contribution < -0.4 is 4.74 Å². The normalized spacial score (nSPS) is 11.5. The van der Waals surface area contributed by atoms with Crippen molar-refractivity contribution < 1.29 is 4.74 Å². The third-order valence-electron chi connectivity index (χ3n) is 4.97. The Morgan fingerprint density at radius 2 is 1.87 bits per heavy atom. The van der Waals surface area contributed by atoms with Crippen LogP contribution in [-0.2, 0) is 20.0 Å². The number of aromatic nitrogens is 7. The maximum Gasteiger partial charge on any atom is 0.174 e. The number of hydrogen-bond acceptors (Lipinski definition) is 7. The van der Waals surface area contributed by atoms with Gasteiger partial charge in [-0.2, -0.15) is 9.90 Å². The van der Waals surface area contributed by atoms with Gasteiger partial charge in [-0.3, -0.25) is 0 Å². The number of ether oxygens (including phenoxy) is 1. The van der Waals surface area contributed by atoms with Crippen molar-refractivity contribution in [1.82, 2.24) is 39.9 Å². The van der Waals surface area contributed by atoms with Gasteiger partial charge in [-0.15, -0.1) is 10.2 Å². The van der Waals surface area contributed by atoms with Gasteiger partial charge in [0.1, 0.15) is 11.4 Å². The molecule has 0 saturated heterocycles. The molecule has 9 heteroatoms. The highest BCUT2D eigenvalue weighted by atomic mass is 16.5. The number of rotatable bonds is 10. The fraction of sp³-hybridized carbons (Fsp3) is 0.409. The van der Waals surface area contributed by atoms with Crippen molar-refractivity contribution in [3.05, 3.63) is 48.4 Å². The molecule has 0 saturated carbocycles. The highest BCUT2D eigenvalue weighted by Crippen LogP contribution is 2.28. The molecule has 1 aromatic carbocycles. The van der Waals surface area contributed by atoms with Crippen LogP contribution in [0.2, 0.25) is 0 Å². The molecule has 3 heterocycles. The standard InChI is InChI=1S/C22H28N8O/c1-28(2)14-6-16-31-18-11-9-17(10-12-18)21-19-7-4-13-23-22(19)30(26-21)15-5-8-20-24-27-29(3)25-20/h4,7,9-13H,5-6,8,14-16H2,1-3H3. The Morgan fingerprint density at radius 1 is 1.03 bits per heavy atom. The molecule has 0 amide bonds. The van der Waals surface area contributed by atoms with Crippen LogP contribution in [0.25, 0.3) is 22.3 Å². The molecule has 4 aromatic rings. The number of tetrazole rings is 1. The maximum absolute atomic E-state index is 5.85. The van der Waals surface area contributed by atoms with E-state index >= 15 is 0 Å². The lowest BCUT2D eigenvalue weighted by molar-refractivity contribution is 0.281. The lowest BCUT2D eigenvalue weighted by atomic mass is 10.1. The van der Waals surface area contributed by atoms with Crippen molar-refractivity contribution in [3.8, 4) is 17.0 Å². The highest BCUT2D eigenvalue weighted by Gasteiger charge is 2.13. The summed E-state index contributed by atoms with van der Waals surface area (Å²) < 4.78 is 7.82. The van der Waals surface area contributed by atoms with Gasteiger partial charge < -0.3 is 9.64 Å². The summed E-state index contributed by atoms with van der Waals surface area (Å²) in [5.41, 5.74) is 2.86. The van der Waals surface area contributed by atoms with Crippen LogP contribution in [0, 0.1) is 0 Å². The Morgan fingerprint density at radius 3 is 2.61 bits per heavy atom. The van der Waals surface area contributed by atoms with Gasteiger partial charge in [0.05, 0.1) is 13.7 Å². The fourth-order valence-corrected chi connectivity index (χ4v) is 3.47. The fourth-order valence-electron chi connectivity index (χ4n) is 3.47. The van der Waals surface area contributed by atoms with E-state index in [0.29, 0.717) is 6.61 Å². The first-order valence-electron chi connectivity index (χ1n) is 10.5. The lowest BCUT2D eigenvalue weighted by Crippen LogP contribution is -2.15. The number of aryl methyl sites for hydroxylation is 3. The molecule has 0 atom stereocenters. The van der Waals surface area contributed by atoms with Gasteiger partial charge in [-0.1, -0.05) is 0 Å². The van der Waals surface area contributed by atoms with E-state index in [0.717, 1.165) is 66.2 Å². The SMILES string of the molecule is CN(C)CCCOc1ccc(-c2nn(CCCc3nnn(C)n3)c3ncccc23)cc1. The van der Waals surface area contributed by atoms with Crippen molar-refractivity contribution >= 4 is 11.0 Å². The van der Waals surface area contributed by atoms with Crippen LogP contribution in [0.4, 0.5) is 0 Å². The Labute approximate surface area is 181 Å². The van der Waals surface area contributed by atoms with E-state index in [2.05, 4.69) is 57.6 Å². The van der Waals surface area contributed by atoms with E-state index in [1.165, 1.54) is 4.80 Å². The molecule has 0 spiro atoms. The van der Waals surface area contributed by atoms with E-state index in [-0.39, 0.29) is 0 Å². The second-order valence-corrected chi connectivity index (χ2v) is 7.77. The summed E-state index contributed by atoms with van der Waals surface area (Å²) in [6.07, 6.45) is 4.41. The zero-order chi connectivity index (χ0) is 21.6. The van der Waals surface area contributed by atoms with Crippen molar-refractivity contribution in [2.75, 3.05) is 27.2 Å². The van der Waals surface area contributed by atoms with Crippen LogP contribution in [0.15, 0.2) is 42.6 Å². The van der Waals surface area contributed by atoms with Gasteiger partial charge >= 0.3 is 0 Å². The predicted octanol–water partition coefficient (Wildman–Crippen LogP) is 2.59. The van der Waals surface area contributed by atoms with Crippen LogP contribution in [0.1, 0.15) is 18.7 Å². The quantitative estimate of drug-likeness (QED) is 0.364. The van der Waals surface area contributed by atoms with Crippen LogP contribution in [-0.4, -0.2) is 67.1 Å². The number of hydrogen-bond donors (Lipinski definition) is 0. The summed E-state index contributed by atoms with van der Waals surface area (Å²) in [5, 5.41) is 18.1. The molecule has 31 heavy (non-hydrogen) atoms. The Balaban J connectivity index is 1.46.